The lowest BCUT2D eigenvalue weighted by Gasteiger charge is -2.19. The maximum Gasteiger partial charge on any atom is 0.453 e. The highest BCUT2D eigenvalue weighted by molar-refractivity contribution is 5.98. The van der Waals surface area contributed by atoms with Crippen molar-refractivity contribution >= 4 is 17.1 Å². The molecule has 0 unspecified atom stereocenters. The maximum atomic E-state index is 13.7. The van der Waals surface area contributed by atoms with E-state index in [9.17, 15) is 44.3 Å². The number of carbonyl (C=O) groups excluding carboxylic acids is 1. The molecule has 0 saturated carbocycles. The van der Waals surface area contributed by atoms with Crippen molar-refractivity contribution in [2.45, 2.75) is 44.5 Å². The number of imidazole rings is 1. The Hall–Kier alpha value is -4.30. The minimum absolute atomic E-state index is 0.0552. The van der Waals surface area contributed by atoms with Crippen molar-refractivity contribution in [3.8, 4) is 22.9 Å². The van der Waals surface area contributed by atoms with Gasteiger partial charge in [0.15, 0.2) is 11.4 Å². The molecule has 1 N–H and O–H groups in total. The first kappa shape index (κ1) is 30.7. The SMILES string of the molecule is Cc1cc(-c2cnc3c(NCCC(F)(F)F)cc(Oc4cccc(F)c4)nn23)ccc1C(=O)CCC(F)(F)C(F)(F)F. The fourth-order valence-electron chi connectivity index (χ4n) is 4.00. The molecule has 6 nitrogen and oxygen atoms in total. The van der Waals surface area contributed by atoms with Crippen LogP contribution in [0.1, 0.15) is 35.2 Å². The van der Waals surface area contributed by atoms with Gasteiger partial charge in [0.05, 0.1) is 24.0 Å². The number of ketones is 1. The predicted octanol–water partition coefficient (Wildman–Crippen LogP) is 8.16. The second kappa shape index (κ2) is 11.5. The number of alkyl halides is 8. The van der Waals surface area contributed by atoms with E-state index >= 15 is 0 Å². The van der Waals surface area contributed by atoms with Gasteiger partial charge in [0, 0.05) is 42.6 Å². The van der Waals surface area contributed by atoms with Crippen molar-refractivity contribution in [1.82, 2.24) is 14.6 Å². The zero-order chi connectivity index (χ0) is 30.9. The molecule has 2 heterocycles. The van der Waals surface area contributed by atoms with Gasteiger partial charge in [-0.15, -0.1) is 5.10 Å². The average molecular weight is 604 g/mol. The summed E-state index contributed by atoms with van der Waals surface area (Å²) in [6.45, 7) is 0.950. The number of ether oxygens (including phenoxy) is 1. The van der Waals surface area contributed by atoms with E-state index in [0.29, 0.717) is 5.56 Å². The molecule has 0 fully saturated rings. The molecule has 15 heteroatoms. The second-order valence-corrected chi connectivity index (χ2v) is 9.28. The van der Waals surface area contributed by atoms with Gasteiger partial charge in [0.25, 0.3) is 0 Å². The van der Waals surface area contributed by atoms with Gasteiger partial charge < -0.3 is 10.1 Å². The van der Waals surface area contributed by atoms with Crippen LogP contribution in [0.2, 0.25) is 0 Å². The van der Waals surface area contributed by atoms with Gasteiger partial charge in [-0.25, -0.2) is 13.9 Å². The lowest BCUT2D eigenvalue weighted by molar-refractivity contribution is -0.283. The summed E-state index contributed by atoms with van der Waals surface area (Å²) < 4.78 is 123. The maximum absolute atomic E-state index is 13.7. The van der Waals surface area contributed by atoms with E-state index in [2.05, 4.69) is 15.4 Å². The second-order valence-electron chi connectivity index (χ2n) is 9.28. The number of anilines is 1. The third kappa shape index (κ3) is 7.12. The van der Waals surface area contributed by atoms with Gasteiger partial charge in [-0.1, -0.05) is 18.2 Å². The summed E-state index contributed by atoms with van der Waals surface area (Å²) in [4.78, 5) is 16.7. The Labute approximate surface area is 232 Å². The molecule has 0 radical (unpaired) electrons. The number of halogens is 9. The third-order valence-corrected chi connectivity index (χ3v) is 6.09. The molecule has 0 spiro atoms. The molecule has 0 aliphatic rings. The highest BCUT2D eigenvalue weighted by atomic mass is 19.4. The van der Waals surface area contributed by atoms with Gasteiger partial charge in [-0.3, -0.25) is 4.79 Å². The molecule has 224 valence electrons. The van der Waals surface area contributed by atoms with Crippen molar-refractivity contribution in [2.24, 2.45) is 0 Å². The van der Waals surface area contributed by atoms with Crippen molar-refractivity contribution < 1.29 is 49.0 Å². The standard InChI is InChI=1S/C27H21F9N4O2/c1-15-11-16(5-6-19(15)22(41)7-8-25(29,30)27(34,35)36)21-14-38-24-20(37-10-9-26(31,32)33)13-23(39-40(21)24)42-18-4-2-3-17(28)12-18/h2-6,11-14,37H,7-10H2,1H3. The molecule has 0 amide bonds. The summed E-state index contributed by atoms with van der Waals surface area (Å²) in [6.07, 6.45) is -12.8. The summed E-state index contributed by atoms with van der Waals surface area (Å²) in [5.41, 5.74) is 1.07. The summed E-state index contributed by atoms with van der Waals surface area (Å²) in [5.74, 6) is -6.61. The number of aryl methyl sites for hydroxylation is 1. The van der Waals surface area contributed by atoms with Crippen LogP contribution in [-0.4, -0.2) is 45.2 Å². The lowest BCUT2D eigenvalue weighted by Crippen LogP contribution is -2.36. The predicted molar refractivity (Wildman–Crippen MR) is 133 cm³/mol. The molecule has 2 aromatic heterocycles. The number of nitrogens with zero attached hydrogens (tertiary/aromatic N) is 3. The number of fused-ring (bicyclic) bond motifs is 1. The van der Waals surface area contributed by atoms with Crippen LogP contribution in [0.15, 0.2) is 54.7 Å². The fraction of sp³-hybridized carbons (Fsp3) is 0.296. The molecular weight excluding hydrogens is 583 g/mol. The molecule has 42 heavy (non-hydrogen) atoms. The molecular formula is C27H21F9N4O2. The number of hydrogen-bond donors (Lipinski definition) is 1. The van der Waals surface area contributed by atoms with Gasteiger partial charge in [0.1, 0.15) is 11.6 Å². The Morgan fingerprint density at radius 3 is 2.36 bits per heavy atom. The van der Waals surface area contributed by atoms with E-state index in [1.54, 1.807) is 0 Å². The monoisotopic (exact) mass is 604 g/mol. The van der Waals surface area contributed by atoms with Gasteiger partial charge in [0.2, 0.25) is 5.88 Å². The average Bonchev–Trinajstić information content (AvgIpc) is 3.30. The van der Waals surface area contributed by atoms with Gasteiger partial charge >= 0.3 is 18.3 Å². The van der Waals surface area contributed by atoms with E-state index in [1.807, 2.05) is 0 Å². The number of nitrogens with one attached hydrogen (secondary N) is 1. The van der Waals surface area contributed by atoms with Crippen molar-refractivity contribution in [1.29, 1.82) is 0 Å². The number of aromatic nitrogens is 3. The van der Waals surface area contributed by atoms with Crippen LogP contribution in [-0.2, 0) is 0 Å². The lowest BCUT2D eigenvalue weighted by atomic mass is 9.97. The smallest absolute Gasteiger partial charge is 0.437 e. The molecule has 2 aromatic carbocycles. The van der Waals surface area contributed by atoms with Crippen LogP contribution in [0.3, 0.4) is 0 Å². The Balaban J connectivity index is 1.66. The summed E-state index contributed by atoms with van der Waals surface area (Å²) in [7, 11) is 0. The third-order valence-electron chi connectivity index (χ3n) is 6.09. The number of carbonyl (C=O) groups is 1. The number of benzene rings is 2. The van der Waals surface area contributed by atoms with E-state index in [1.165, 1.54) is 60.1 Å². The summed E-state index contributed by atoms with van der Waals surface area (Å²) in [6, 6.07) is 10.5. The summed E-state index contributed by atoms with van der Waals surface area (Å²) in [5, 5.41) is 6.95. The molecule has 0 bridgehead atoms. The Bertz CT molecular complexity index is 1600. The zero-order valence-electron chi connectivity index (χ0n) is 21.6. The van der Waals surface area contributed by atoms with Crippen LogP contribution in [0.4, 0.5) is 45.2 Å². The Morgan fingerprint density at radius 2 is 1.71 bits per heavy atom. The van der Waals surface area contributed by atoms with Crippen molar-refractivity contribution in [2.75, 3.05) is 11.9 Å². The topological polar surface area (TPSA) is 68.5 Å². The van der Waals surface area contributed by atoms with Crippen molar-refractivity contribution in [3.05, 3.63) is 71.7 Å². The van der Waals surface area contributed by atoms with Gasteiger partial charge in [-0.2, -0.15) is 35.1 Å². The fourth-order valence-corrected chi connectivity index (χ4v) is 4.00. The minimum Gasteiger partial charge on any atom is -0.437 e. The summed E-state index contributed by atoms with van der Waals surface area (Å²) >= 11 is 0. The normalized spacial score (nSPS) is 12.5. The van der Waals surface area contributed by atoms with Crippen molar-refractivity contribution in [3.63, 3.8) is 0 Å². The largest absolute Gasteiger partial charge is 0.453 e. The highest BCUT2D eigenvalue weighted by Gasteiger charge is 2.56. The Kier molecular flexibility index (Phi) is 8.41. The molecule has 0 atom stereocenters. The highest BCUT2D eigenvalue weighted by Crippen LogP contribution is 2.39. The molecule has 0 aliphatic carbocycles. The molecule has 4 rings (SSSR count). The van der Waals surface area contributed by atoms with Crippen LogP contribution in [0.25, 0.3) is 16.9 Å². The van der Waals surface area contributed by atoms with E-state index in [-0.39, 0.29) is 39.8 Å². The molecule has 0 aliphatic heterocycles. The van der Waals surface area contributed by atoms with Crippen LogP contribution in [0.5, 0.6) is 11.6 Å². The number of Topliss-reactive ketones (excluding diaryl/α,β-unsaturated/α-hetero) is 1. The van der Waals surface area contributed by atoms with E-state index in [0.717, 1.165) is 6.07 Å². The number of hydrogen-bond acceptors (Lipinski definition) is 5. The Morgan fingerprint density at radius 1 is 0.976 bits per heavy atom. The van der Waals surface area contributed by atoms with Gasteiger partial charge in [-0.05, 0) is 30.7 Å². The van der Waals surface area contributed by atoms with Crippen LogP contribution >= 0.6 is 0 Å². The quantitative estimate of drug-likeness (QED) is 0.146. The van der Waals surface area contributed by atoms with Crippen LogP contribution < -0.4 is 10.1 Å². The zero-order valence-corrected chi connectivity index (χ0v) is 21.6. The van der Waals surface area contributed by atoms with E-state index < -0.39 is 55.7 Å². The minimum atomic E-state index is -5.78. The molecule has 4 aromatic rings. The van der Waals surface area contributed by atoms with E-state index in [4.69, 9.17) is 4.74 Å². The van der Waals surface area contributed by atoms with Crippen LogP contribution in [0, 0.1) is 12.7 Å². The first-order valence-electron chi connectivity index (χ1n) is 12.3. The molecule has 0 saturated heterocycles. The first-order chi connectivity index (χ1) is 19.5. The first-order valence-corrected chi connectivity index (χ1v) is 12.3. The number of rotatable bonds is 10.